The van der Waals surface area contributed by atoms with Gasteiger partial charge < -0.3 is 10.1 Å². The third kappa shape index (κ3) is 3.12. The first kappa shape index (κ1) is 11.8. The molecule has 1 aromatic rings. The highest BCUT2D eigenvalue weighted by atomic mass is 19.1. The molecule has 2 rings (SSSR count). The van der Waals surface area contributed by atoms with Gasteiger partial charge in [-0.1, -0.05) is 29.8 Å². The van der Waals surface area contributed by atoms with E-state index in [1.165, 1.54) is 5.56 Å². The summed E-state index contributed by atoms with van der Waals surface area (Å²) >= 11 is 0. The SMILES string of the molecule is Cc1ccc(COC2(N)N=CC(F)=CN2)cc1. The Morgan fingerprint density at radius 1 is 1.41 bits per heavy atom. The molecule has 90 valence electrons. The lowest BCUT2D eigenvalue weighted by atomic mass is 10.2. The van der Waals surface area contributed by atoms with Gasteiger partial charge in [0.15, 0.2) is 5.83 Å². The number of nitrogens with one attached hydrogen (secondary N) is 1. The monoisotopic (exact) mass is 235 g/mol. The predicted octanol–water partition coefficient (Wildman–Crippen LogP) is 1.57. The van der Waals surface area contributed by atoms with E-state index in [1.807, 2.05) is 31.2 Å². The first-order valence-electron chi connectivity index (χ1n) is 5.24. The Morgan fingerprint density at radius 3 is 2.71 bits per heavy atom. The third-order valence-electron chi connectivity index (χ3n) is 2.38. The van der Waals surface area contributed by atoms with Crippen LogP contribution in [0, 0.1) is 6.92 Å². The molecule has 5 heteroatoms. The standard InChI is InChI=1S/C12H14FN3O/c1-9-2-4-10(5-3-9)8-17-12(14)15-6-11(13)7-16-12/h2-7,15H,8,14H2,1H3. The fourth-order valence-electron chi connectivity index (χ4n) is 1.36. The zero-order valence-electron chi connectivity index (χ0n) is 9.48. The molecule has 0 saturated carbocycles. The summed E-state index contributed by atoms with van der Waals surface area (Å²) in [5.41, 5.74) is 7.91. The van der Waals surface area contributed by atoms with Gasteiger partial charge in [-0.3, -0.25) is 5.73 Å². The molecule has 0 radical (unpaired) electrons. The lowest BCUT2D eigenvalue weighted by Crippen LogP contribution is -2.53. The largest absolute Gasteiger partial charge is 0.329 e. The van der Waals surface area contributed by atoms with Crippen molar-refractivity contribution in [2.24, 2.45) is 10.7 Å². The number of nitrogens with zero attached hydrogens (tertiary/aromatic N) is 1. The summed E-state index contributed by atoms with van der Waals surface area (Å²) in [6, 6.07) is 7.86. The second-order valence-electron chi connectivity index (χ2n) is 3.90. The number of hydrogen-bond acceptors (Lipinski definition) is 4. The first-order chi connectivity index (χ1) is 8.07. The van der Waals surface area contributed by atoms with Gasteiger partial charge in [0.1, 0.15) is 0 Å². The molecule has 0 bridgehead atoms. The normalized spacial score (nSPS) is 23.1. The van der Waals surface area contributed by atoms with Crippen molar-refractivity contribution in [1.82, 2.24) is 5.32 Å². The summed E-state index contributed by atoms with van der Waals surface area (Å²) < 4.78 is 18.1. The first-order valence-corrected chi connectivity index (χ1v) is 5.24. The van der Waals surface area contributed by atoms with E-state index < -0.39 is 11.8 Å². The van der Waals surface area contributed by atoms with Gasteiger partial charge in [0.05, 0.1) is 12.8 Å². The van der Waals surface area contributed by atoms with Crippen LogP contribution in [0.5, 0.6) is 0 Å². The van der Waals surface area contributed by atoms with Crippen molar-refractivity contribution in [3.05, 3.63) is 47.4 Å². The van der Waals surface area contributed by atoms with Crippen molar-refractivity contribution < 1.29 is 9.13 Å². The van der Waals surface area contributed by atoms with Crippen molar-refractivity contribution in [1.29, 1.82) is 0 Å². The number of nitrogens with two attached hydrogens (primary N) is 1. The molecule has 0 saturated heterocycles. The number of aliphatic imine (C=N–C) groups is 1. The maximum Gasteiger partial charge on any atom is 0.297 e. The molecule has 1 aliphatic rings. The van der Waals surface area contributed by atoms with Gasteiger partial charge in [-0.25, -0.2) is 9.38 Å². The van der Waals surface area contributed by atoms with Crippen molar-refractivity contribution in [3.63, 3.8) is 0 Å². The second-order valence-corrected chi connectivity index (χ2v) is 3.90. The quantitative estimate of drug-likeness (QED) is 0.782. The molecular formula is C12H14FN3O. The molecule has 1 heterocycles. The maximum absolute atomic E-state index is 12.7. The number of benzene rings is 1. The molecule has 0 spiro atoms. The van der Waals surface area contributed by atoms with E-state index in [2.05, 4.69) is 10.3 Å². The highest BCUT2D eigenvalue weighted by molar-refractivity contribution is 5.76. The van der Waals surface area contributed by atoms with Gasteiger partial charge in [0, 0.05) is 6.20 Å². The van der Waals surface area contributed by atoms with Crippen LogP contribution in [-0.2, 0) is 11.3 Å². The van der Waals surface area contributed by atoms with E-state index in [-0.39, 0.29) is 0 Å². The Kier molecular flexibility index (Phi) is 3.21. The summed E-state index contributed by atoms with van der Waals surface area (Å²) in [5, 5.41) is 2.55. The third-order valence-corrected chi connectivity index (χ3v) is 2.38. The summed E-state index contributed by atoms with van der Waals surface area (Å²) in [6.45, 7) is 2.31. The molecule has 0 amide bonds. The van der Waals surface area contributed by atoms with Crippen molar-refractivity contribution in [2.75, 3.05) is 0 Å². The Hall–Kier alpha value is -1.72. The highest BCUT2D eigenvalue weighted by Gasteiger charge is 2.25. The number of ether oxygens (including phenoxy) is 1. The maximum atomic E-state index is 12.7. The van der Waals surface area contributed by atoms with Crippen molar-refractivity contribution in [2.45, 2.75) is 19.5 Å². The molecule has 0 fully saturated rings. The van der Waals surface area contributed by atoms with Crippen LogP contribution in [0.1, 0.15) is 11.1 Å². The van der Waals surface area contributed by atoms with E-state index in [0.717, 1.165) is 18.0 Å². The van der Waals surface area contributed by atoms with Crippen LogP contribution in [0.3, 0.4) is 0 Å². The minimum Gasteiger partial charge on any atom is -0.329 e. The molecule has 1 aromatic carbocycles. The molecule has 0 aliphatic carbocycles. The Balaban J connectivity index is 1.94. The number of rotatable bonds is 3. The number of halogens is 1. The average Bonchev–Trinajstić information content (AvgIpc) is 2.33. The van der Waals surface area contributed by atoms with Gasteiger partial charge in [-0.15, -0.1) is 0 Å². The molecule has 1 aliphatic heterocycles. The van der Waals surface area contributed by atoms with E-state index in [1.54, 1.807) is 0 Å². The molecule has 3 N–H and O–H groups in total. The lowest BCUT2D eigenvalue weighted by Gasteiger charge is -2.27. The highest BCUT2D eigenvalue weighted by Crippen LogP contribution is 2.12. The van der Waals surface area contributed by atoms with Gasteiger partial charge in [-0.2, -0.15) is 0 Å². The summed E-state index contributed by atoms with van der Waals surface area (Å²) in [6.07, 6.45) is 2.16. The van der Waals surface area contributed by atoms with Gasteiger partial charge in [0.2, 0.25) is 0 Å². The van der Waals surface area contributed by atoms with Crippen molar-refractivity contribution >= 4 is 6.21 Å². The number of aryl methyl sites for hydroxylation is 1. The van der Waals surface area contributed by atoms with Crippen LogP contribution in [0.4, 0.5) is 4.39 Å². The van der Waals surface area contributed by atoms with E-state index in [9.17, 15) is 4.39 Å². The number of allylic oxidation sites excluding steroid dienone is 1. The molecule has 17 heavy (non-hydrogen) atoms. The molecular weight excluding hydrogens is 221 g/mol. The van der Waals surface area contributed by atoms with Gasteiger partial charge >= 0.3 is 0 Å². The topological polar surface area (TPSA) is 59.6 Å². The summed E-state index contributed by atoms with van der Waals surface area (Å²) in [5.74, 6) is -1.87. The number of hydrogen-bond donors (Lipinski definition) is 2. The minimum absolute atomic E-state index is 0.302. The fraction of sp³-hybridized carbons (Fsp3) is 0.250. The van der Waals surface area contributed by atoms with Crippen LogP contribution in [0.15, 0.2) is 41.3 Å². The molecule has 1 atom stereocenters. The van der Waals surface area contributed by atoms with Crippen molar-refractivity contribution in [3.8, 4) is 0 Å². The smallest absolute Gasteiger partial charge is 0.297 e. The zero-order valence-corrected chi connectivity index (χ0v) is 9.48. The van der Waals surface area contributed by atoms with Crippen LogP contribution < -0.4 is 11.1 Å². The molecule has 1 unspecified atom stereocenters. The average molecular weight is 235 g/mol. The Labute approximate surface area is 99.0 Å². The Bertz CT molecular complexity index is 455. The molecule has 4 nitrogen and oxygen atoms in total. The van der Waals surface area contributed by atoms with Crippen LogP contribution >= 0.6 is 0 Å². The molecule has 0 aromatic heterocycles. The zero-order chi connectivity index (χ0) is 12.3. The van der Waals surface area contributed by atoms with Gasteiger partial charge in [-0.05, 0) is 12.5 Å². The van der Waals surface area contributed by atoms with E-state index in [4.69, 9.17) is 10.5 Å². The van der Waals surface area contributed by atoms with Gasteiger partial charge in [0.25, 0.3) is 5.97 Å². The summed E-state index contributed by atoms with van der Waals surface area (Å²) in [7, 11) is 0. The van der Waals surface area contributed by atoms with E-state index >= 15 is 0 Å². The minimum atomic E-state index is -1.39. The fourth-order valence-corrected chi connectivity index (χ4v) is 1.36. The van der Waals surface area contributed by atoms with Crippen LogP contribution in [-0.4, -0.2) is 12.2 Å². The Morgan fingerprint density at radius 2 is 2.12 bits per heavy atom. The van der Waals surface area contributed by atoms with E-state index in [0.29, 0.717) is 6.61 Å². The van der Waals surface area contributed by atoms with Crippen LogP contribution in [0.25, 0.3) is 0 Å². The van der Waals surface area contributed by atoms with Crippen LogP contribution in [0.2, 0.25) is 0 Å². The lowest BCUT2D eigenvalue weighted by molar-refractivity contribution is -0.0627. The predicted molar refractivity (Wildman–Crippen MR) is 63.7 cm³/mol. The second kappa shape index (κ2) is 4.65. The summed E-state index contributed by atoms with van der Waals surface area (Å²) in [4.78, 5) is 3.75.